The lowest BCUT2D eigenvalue weighted by molar-refractivity contribution is 1.44. The summed E-state index contributed by atoms with van der Waals surface area (Å²) in [6.45, 7) is 0. The van der Waals surface area contributed by atoms with Crippen molar-refractivity contribution in [1.82, 2.24) is 4.65 Å². The average Bonchev–Trinajstić information content (AvgIpc) is 0.722. The fourth-order valence-corrected chi connectivity index (χ4v) is 0.795. The number of rotatable bonds is 0. The SMILES string of the molecule is C1[Si]N[Si]1. The van der Waals surface area contributed by atoms with Gasteiger partial charge in [0.1, 0.15) is 19.4 Å². The molecule has 0 saturated carbocycles. The lowest BCUT2D eigenvalue weighted by Gasteiger charge is -2.05. The van der Waals surface area contributed by atoms with E-state index >= 15 is 0 Å². The quantitative estimate of drug-likeness (QED) is 0.380. The second kappa shape index (κ2) is 1.01. The smallest absolute Gasteiger partial charge is 0.128 e. The molecule has 1 N–H and O–H groups in total. The van der Waals surface area contributed by atoms with Gasteiger partial charge in [0.25, 0.3) is 0 Å². The zero-order valence-corrected chi connectivity index (χ0v) is 4.21. The van der Waals surface area contributed by atoms with E-state index in [0.717, 1.165) is 19.4 Å². The van der Waals surface area contributed by atoms with Gasteiger partial charge in [0.2, 0.25) is 0 Å². The summed E-state index contributed by atoms with van der Waals surface area (Å²) >= 11 is 0. The van der Waals surface area contributed by atoms with E-state index in [1.165, 1.54) is 5.67 Å². The van der Waals surface area contributed by atoms with Crippen LogP contribution in [-0.4, -0.2) is 19.4 Å². The minimum atomic E-state index is 1.08. The zero-order valence-electron chi connectivity index (χ0n) is 2.21. The van der Waals surface area contributed by atoms with E-state index in [2.05, 4.69) is 4.65 Å². The minimum Gasteiger partial charge on any atom is -0.364 e. The van der Waals surface area contributed by atoms with Gasteiger partial charge in [0.05, 0.1) is 0 Å². The molecule has 0 unspecified atom stereocenters. The first-order chi connectivity index (χ1) is 2.00. The maximum atomic E-state index is 3.17. The molecule has 20 valence electrons. The summed E-state index contributed by atoms with van der Waals surface area (Å²) in [5, 5.41) is 0. The van der Waals surface area contributed by atoms with Crippen LogP contribution in [-0.2, 0) is 0 Å². The van der Waals surface area contributed by atoms with Crippen molar-refractivity contribution in [2.45, 2.75) is 5.67 Å². The molecule has 1 fully saturated rings. The Bertz CT molecular complexity index is 14.0. The maximum absolute atomic E-state index is 3.17. The Balaban J connectivity index is 2.00. The molecule has 0 atom stereocenters. The van der Waals surface area contributed by atoms with Gasteiger partial charge in [0, 0.05) is 0 Å². The predicted molar refractivity (Wildman–Crippen MR) is 19.5 cm³/mol. The third kappa shape index (κ3) is 0.241. The first-order valence-electron chi connectivity index (χ1n) is 1.21. The number of hydrogen-bond acceptors (Lipinski definition) is 1. The van der Waals surface area contributed by atoms with Crippen molar-refractivity contribution in [1.29, 1.82) is 0 Å². The molecule has 1 saturated heterocycles. The van der Waals surface area contributed by atoms with Crippen LogP contribution in [0.4, 0.5) is 0 Å². The highest BCUT2D eigenvalue weighted by molar-refractivity contribution is 6.70. The van der Waals surface area contributed by atoms with Gasteiger partial charge in [0.15, 0.2) is 0 Å². The Morgan fingerprint density at radius 2 is 1.75 bits per heavy atom. The van der Waals surface area contributed by atoms with Crippen LogP contribution < -0.4 is 4.65 Å². The molecule has 0 amide bonds. The maximum Gasteiger partial charge on any atom is 0.128 e. The molecule has 1 nitrogen and oxygen atoms in total. The van der Waals surface area contributed by atoms with Crippen molar-refractivity contribution in [3.63, 3.8) is 0 Å². The van der Waals surface area contributed by atoms with Gasteiger partial charge >= 0.3 is 0 Å². The molecule has 0 bridgehead atoms. The third-order valence-corrected chi connectivity index (χ3v) is 3.18. The van der Waals surface area contributed by atoms with E-state index in [1.807, 2.05) is 0 Å². The van der Waals surface area contributed by atoms with Gasteiger partial charge < -0.3 is 4.65 Å². The van der Waals surface area contributed by atoms with Crippen LogP contribution >= 0.6 is 0 Å². The molecule has 0 spiro atoms. The van der Waals surface area contributed by atoms with Crippen LogP contribution in [0.2, 0.25) is 5.67 Å². The molecule has 0 aromatic heterocycles. The Kier molecular flexibility index (Phi) is 0.660. The standard InChI is InChI=1S/CH3NSi2/c1-3-2-4-1/h2H,1H2. The molecule has 0 aliphatic carbocycles. The monoisotopic (exact) mass is 85.0 g/mol. The van der Waals surface area contributed by atoms with Crippen LogP contribution in [0.1, 0.15) is 0 Å². The van der Waals surface area contributed by atoms with E-state index in [9.17, 15) is 0 Å². The Morgan fingerprint density at radius 3 is 1.75 bits per heavy atom. The van der Waals surface area contributed by atoms with Gasteiger partial charge in [-0.25, -0.2) is 0 Å². The minimum absolute atomic E-state index is 1.08. The number of nitrogens with one attached hydrogen (secondary N) is 1. The highest BCUT2D eigenvalue weighted by Crippen LogP contribution is 1.74. The summed E-state index contributed by atoms with van der Waals surface area (Å²) in [5.41, 5.74) is 1.44. The van der Waals surface area contributed by atoms with Gasteiger partial charge in [-0.05, 0) is 5.67 Å². The highest BCUT2D eigenvalue weighted by Gasteiger charge is 1.98. The molecule has 1 aliphatic heterocycles. The number of hydrogen-bond donors (Lipinski definition) is 1. The third-order valence-electron chi connectivity index (χ3n) is 0.354. The second-order valence-corrected chi connectivity index (χ2v) is 3.78. The summed E-state index contributed by atoms with van der Waals surface area (Å²) in [6, 6.07) is 0. The molecule has 3 heteroatoms. The first kappa shape index (κ1) is 2.62. The van der Waals surface area contributed by atoms with Crippen LogP contribution in [0, 0.1) is 0 Å². The molecule has 0 aromatic carbocycles. The molecule has 1 aliphatic rings. The van der Waals surface area contributed by atoms with Crippen LogP contribution in [0.15, 0.2) is 0 Å². The normalized spacial score (nSPS) is 24.0. The zero-order chi connectivity index (χ0) is 2.83. The van der Waals surface area contributed by atoms with Crippen molar-refractivity contribution in [3.8, 4) is 0 Å². The molecular weight excluding hydrogens is 82.2 g/mol. The topological polar surface area (TPSA) is 12.0 Å². The summed E-state index contributed by atoms with van der Waals surface area (Å²) < 4.78 is 3.17. The summed E-state index contributed by atoms with van der Waals surface area (Å²) in [6.07, 6.45) is 0. The van der Waals surface area contributed by atoms with Gasteiger partial charge in [-0.1, -0.05) is 0 Å². The second-order valence-electron chi connectivity index (χ2n) is 0.655. The lowest BCUT2D eigenvalue weighted by Crippen LogP contribution is -2.36. The highest BCUT2D eigenvalue weighted by atomic mass is 28.3. The summed E-state index contributed by atoms with van der Waals surface area (Å²) in [7, 11) is 2.17. The Hall–Kier alpha value is 0.394. The van der Waals surface area contributed by atoms with Crippen molar-refractivity contribution < 1.29 is 0 Å². The lowest BCUT2D eigenvalue weighted by atomic mass is 11.9. The van der Waals surface area contributed by atoms with E-state index in [-0.39, 0.29) is 0 Å². The van der Waals surface area contributed by atoms with Crippen LogP contribution in [0.25, 0.3) is 0 Å². The summed E-state index contributed by atoms with van der Waals surface area (Å²) in [4.78, 5) is 0. The van der Waals surface area contributed by atoms with E-state index in [0.29, 0.717) is 0 Å². The van der Waals surface area contributed by atoms with Crippen molar-refractivity contribution in [2.24, 2.45) is 0 Å². The largest absolute Gasteiger partial charge is 0.364 e. The fraction of sp³-hybridized carbons (Fsp3) is 1.00. The van der Waals surface area contributed by atoms with Gasteiger partial charge in [-0.2, -0.15) is 0 Å². The van der Waals surface area contributed by atoms with Crippen molar-refractivity contribution >= 4 is 19.4 Å². The fourth-order valence-electron chi connectivity index (χ4n) is 0.0884. The Labute approximate surface area is 30.6 Å². The van der Waals surface area contributed by atoms with E-state index in [1.54, 1.807) is 0 Å². The van der Waals surface area contributed by atoms with Crippen molar-refractivity contribution in [3.05, 3.63) is 0 Å². The average molecular weight is 85.2 g/mol. The predicted octanol–water partition coefficient (Wildman–Crippen LogP) is -0.796. The van der Waals surface area contributed by atoms with Crippen molar-refractivity contribution in [2.75, 3.05) is 0 Å². The van der Waals surface area contributed by atoms with Gasteiger partial charge in [-0.3, -0.25) is 0 Å². The molecule has 1 heterocycles. The molecule has 1 rings (SSSR count). The van der Waals surface area contributed by atoms with Crippen LogP contribution in [0.5, 0.6) is 0 Å². The Morgan fingerprint density at radius 1 is 1.50 bits per heavy atom. The molecule has 4 radical (unpaired) electrons. The van der Waals surface area contributed by atoms with E-state index < -0.39 is 0 Å². The first-order valence-corrected chi connectivity index (χ1v) is 3.62. The van der Waals surface area contributed by atoms with Crippen LogP contribution in [0.3, 0.4) is 0 Å². The molecule has 4 heavy (non-hydrogen) atoms. The molecular formula is CH3NSi2. The summed E-state index contributed by atoms with van der Waals surface area (Å²) in [5.74, 6) is 0. The molecule has 0 aromatic rings. The van der Waals surface area contributed by atoms with Gasteiger partial charge in [-0.15, -0.1) is 0 Å². The van der Waals surface area contributed by atoms with E-state index in [4.69, 9.17) is 0 Å².